The maximum Gasteiger partial charge on any atom is 0.325 e. The van der Waals surface area contributed by atoms with Crippen LogP contribution < -0.4 is 10.6 Å². The molecule has 6 heteroatoms. The summed E-state index contributed by atoms with van der Waals surface area (Å²) in [6.07, 6.45) is 2.25. The van der Waals surface area contributed by atoms with Gasteiger partial charge in [0.05, 0.1) is 5.60 Å². The van der Waals surface area contributed by atoms with E-state index >= 15 is 0 Å². The predicted molar refractivity (Wildman–Crippen MR) is 70.8 cm³/mol. The number of hydrogen-bond acceptors (Lipinski definition) is 4. The Bertz CT molecular complexity index is 375. The van der Waals surface area contributed by atoms with Gasteiger partial charge in [-0.2, -0.15) is 0 Å². The Labute approximate surface area is 113 Å². The molecule has 0 aromatic carbocycles. The molecule has 1 atom stereocenters. The van der Waals surface area contributed by atoms with Gasteiger partial charge in [-0.05, 0) is 39.7 Å². The number of nitrogens with one attached hydrogen (secondary N) is 2. The van der Waals surface area contributed by atoms with Crippen molar-refractivity contribution >= 4 is 11.9 Å². The molecule has 2 aliphatic rings. The monoisotopic (exact) mass is 269 g/mol. The number of piperidine rings is 1. The van der Waals surface area contributed by atoms with E-state index in [2.05, 4.69) is 10.6 Å². The van der Waals surface area contributed by atoms with Gasteiger partial charge in [-0.1, -0.05) is 0 Å². The Morgan fingerprint density at radius 3 is 2.74 bits per heavy atom. The first-order chi connectivity index (χ1) is 8.90. The second-order valence-corrected chi connectivity index (χ2v) is 5.96. The smallest absolute Gasteiger partial charge is 0.325 e. The van der Waals surface area contributed by atoms with E-state index < -0.39 is 5.54 Å². The van der Waals surface area contributed by atoms with Crippen LogP contribution in [0, 0.1) is 0 Å². The van der Waals surface area contributed by atoms with Gasteiger partial charge in [0.2, 0.25) is 0 Å². The number of hydrogen-bond donors (Lipinski definition) is 2. The number of carbonyl (C=O) groups is 2. The standard InChI is InChI=1S/C13H23N3O3/c1-12(2,19-3)6-8-16-10(17)13(15-11(16)18)5-4-7-14-9-13/h14H,4-9H2,1-3H3,(H,15,18). The van der Waals surface area contributed by atoms with E-state index in [1.807, 2.05) is 13.8 Å². The number of nitrogens with zero attached hydrogens (tertiary/aromatic N) is 1. The summed E-state index contributed by atoms with van der Waals surface area (Å²) in [5.74, 6) is -0.100. The van der Waals surface area contributed by atoms with Crippen molar-refractivity contribution in [2.24, 2.45) is 0 Å². The number of amides is 3. The molecule has 2 saturated heterocycles. The first-order valence-corrected chi connectivity index (χ1v) is 6.80. The van der Waals surface area contributed by atoms with Gasteiger partial charge in [-0.25, -0.2) is 4.79 Å². The van der Waals surface area contributed by atoms with E-state index in [9.17, 15) is 9.59 Å². The molecule has 108 valence electrons. The van der Waals surface area contributed by atoms with Gasteiger partial charge in [0.25, 0.3) is 5.91 Å². The molecule has 0 radical (unpaired) electrons. The lowest BCUT2D eigenvalue weighted by Crippen LogP contribution is -2.57. The zero-order chi connectivity index (χ0) is 14.1. The molecule has 0 aromatic rings. The van der Waals surface area contributed by atoms with Crippen molar-refractivity contribution < 1.29 is 14.3 Å². The summed E-state index contributed by atoms with van der Waals surface area (Å²) in [4.78, 5) is 25.8. The topological polar surface area (TPSA) is 70.7 Å². The molecule has 0 bridgehead atoms. The second-order valence-electron chi connectivity index (χ2n) is 5.96. The molecular formula is C13H23N3O3. The van der Waals surface area contributed by atoms with Crippen LogP contribution in [0.4, 0.5) is 4.79 Å². The number of urea groups is 1. The van der Waals surface area contributed by atoms with Crippen molar-refractivity contribution in [2.75, 3.05) is 26.7 Å². The van der Waals surface area contributed by atoms with Crippen molar-refractivity contribution in [3.8, 4) is 0 Å². The Hall–Kier alpha value is -1.14. The summed E-state index contributed by atoms with van der Waals surface area (Å²) >= 11 is 0. The minimum absolute atomic E-state index is 0.100. The maximum atomic E-state index is 12.5. The molecule has 0 aliphatic carbocycles. The van der Waals surface area contributed by atoms with Crippen LogP contribution in [0.3, 0.4) is 0 Å². The highest BCUT2D eigenvalue weighted by molar-refractivity contribution is 6.07. The third kappa shape index (κ3) is 2.74. The maximum absolute atomic E-state index is 12.5. The zero-order valence-corrected chi connectivity index (χ0v) is 11.9. The lowest BCUT2D eigenvalue weighted by molar-refractivity contribution is -0.132. The minimum atomic E-state index is -0.716. The van der Waals surface area contributed by atoms with Gasteiger partial charge in [0, 0.05) is 20.2 Å². The average Bonchev–Trinajstić information content (AvgIpc) is 2.60. The van der Waals surface area contributed by atoms with Gasteiger partial charge in [-0.15, -0.1) is 0 Å². The minimum Gasteiger partial charge on any atom is -0.379 e. The molecule has 2 fully saturated rings. The summed E-state index contributed by atoms with van der Waals surface area (Å²) < 4.78 is 5.32. The van der Waals surface area contributed by atoms with Gasteiger partial charge >= 0.3 is 6.03 Å². The molecule has 6 nitrogen and oxygen atoms in total. The first-order valence-electron chi connectivity index (χ1n) is 6.80. The Morgan fingerprint density at radius 1 is 1.42 bits per heavy atom. The van der Waals surface area contributed by atoms with E-state index in [1.54, 1.807) is 7.11 Å². The van der Waals surface area contributed by atoms with Crippen molar-refractivity contribution in [1.82, 2.24) is 15.5 Å². The van der Waals surface area contributed by atoms with Gasteiger partial charge in [0.15, 0.2) is 0 Å². The zero-order valence-electron chi connectivity index (χ0n) is 11.9. The number of carbonyl (C=O) groups excluding carboxylic acids is 2. The quantitative estimate of drug-likeness (QED) is 0.728. The highest BCUT2D eigenvalue weighted by Crippen LogP contribution is 2.26. The fourth-order valence-electron chi connectivity index (χ4n) is 2.56. The molecule has 3 amide bonds. The molecular weight excluding hydrogens is 246 g/mol. The van der Waals surface area contributed by atoms with Crippen molar-refractivity contribution in [3.63, 3.8) is 0 Å². The Balaban J connectivity index is 2.02. The third-order valence-corrected chi connectivity index (χ3v) is 4.12. The van der Waals surface area contributed by atoms with Crippen molar-refractivity contribution in [1.29, 1.82) is 0 Å². The summed E-state index contributed by atoms with van der Waals surface area (Å²) in [6, 6.07) is -0.277. The van der Waals surface area contributed by atoms with Crippen LogP contribution in [0.2, 0.25) is 0 Å². The fourth-order valence-corrected chi connectivity index (χ4v) is 2.56. The largest absolute Gasteiger partial charge is 0.379 e. The Morgan fingerprint density at radius 2 is 2.16 bits per heavy atom. The van der Waals surface area contributed by atoms with E-state index in [1.165, 1.54) is 4.90 Å². The summed E-state index contributed by atoms with van der Waals surface area (Å²) in [7, 11) is 1.64. The van der Waals surface area contributed by atoms with E-state index in [0.29, 0.717) is 19.5 Å². The van der Waals surface area contributed by atoms with Crippen LogP contribution in [-0.2, 0) is 9.53 Å². The van der Waals surface area contributed by atoms with E-state index in [4.69, 9.17) is 4.74 Å². The molecule has 0 aromatic heterocycles. The molecule has 2 heterocycles. The molecule has 0 saturated carbocycles. The van der Waals surface area contributed by atoms with Gasteiger partial charge in [0.1, 0.15) is 5.54 Å². The summed E-state index contributed by atoms with van der Waals surface area (Å²) in [5, 5.41) is 6.04. The first kappa shape index (κ1) is 14.3. The molecule has 2 rings (SSSR count). The molecule has 2 aliphatic heterocycles. The van der Waals surface area contributed by atoms with Crippen molar-refractivity contribution in [2.45, 2.75) is 44.2 Å². The predicted octanol–water partition coefficient (Wildman–Crippen LogP) is 0.476. The SMILES string of the molecule is COC(C)(C)CCN1C(=O)NC2(CCCNC2)C1=O. The van der Waals surface area contributed by atoms with Crippen LogP contribution in [0.1, 0.15) is 33.1 Å². The van der Waals surface area contributed by atoms with Crippen LogP contribution >= 0.6 is 0 Å². The number of rotatable bonds is 4. The van der Waals surface area contributed by atoms with Crippen LogP contribution in [0.25, 0.3) is 0 Å². The van der Waals surface area contributed by atoms with E-state index in [-0.39, 0.29) is 17.5 Å². The van der Waals surface area contributed by atoms with Crippen LogP contribution in [-0.4, -0.2) is 54.7 Å². The van der Waals surface area contributed by atoms with Gasteiger partial charge < -0.3 is 15.4 Å². The number of ether oxygens (including phenoxy) is 1. The third-order valence-electron chi connectivity index (χ3n) is 4.12. The Kier molecular flexibility index (Phi) is 3.82. The lowest BCUT2D eigenvalue weighted by Gasteiger charge is -2.31. The van der Waals surface area contributed by atoms with Gasteiger partial charge in [-0.3, -0.25) is 9.69 Å². The number of methoxy groups -OCH3 is 1. The molecule has 1 unspecified atom stereocenters. The lowest BCUT2D eigenvalue weighted by atomic mass is 9.90. The summed E-state index contributed by atoms with van der Waals surface area (Å²) in [5.41, 5.74) is -1.05. The molecule has 2 N–H and O–H groups in total. The summed E-state index contributed by atoms with van der Waals surface area (Å²) in [6.45, 7) is 5.73. The molecule has 1 spiro atoms. The highest BCUT2D eigenvalue weighted by Gasteiger charge is 2.51. The normalized spacial score (nSPS) is 28.1. The van der Waals surface area contributed by atoms with Crippen molar-refractivity contribution in [3.05, 3.63) is 0 Å². The van der Waals surface area contributed by atoms with Crippen LogP contribution in [0.15, 0.2) is 0 Å². The highest BCUT2D eigenvalue weighted by atomic mass is 16.5. The van der Waals surface area contributed by atoms with Crippen LogP contribution in [0.5, 0.6) is 0 Å². The number of imide groups is 1. The average molecular weight is 269 g/mol. The molecule has 19 heavy (non-hydrogen) atoms. The van der Waals surface area contributed by atoms with E-state index in [0.717, 1.165) is 19.4 Å². The fraction of sp³-hybridized carbons (Fsp3) is 0.846. The second kappa shape index (κ2) is 5.09.